The van der Waals surface area contributed by atoms with Gasteiger partial charge < -0.3 is 9.84 Å². The third-order valence-electron chi connectivity index (χ3n) is 3.76. The second-order valence-corrected chi connectivity index (χ2v) is 5.82. The van der Waals surface area contributed by atoms with Crippen LogP contribution in [0.4, 0.5) is 0 Å². The van der Waals surface area contributed by atoms with Gasteiger partial charge in [0.1, 0.15) is 6.33 Å². The normalized spacial score (nSPS) is 12.7. The summed E-state index contributed by atoms with van der Waals surface area (Å²) in [5.41, 5.74) is 3.11. The second-order valence-electron chi connectivity index (χ2n) is 5.82. The van der Waals surface area contributed by atoms with Gasteiger partial charge in [-0.3, -0.25) is 0 Å². The molecule has 0 spiro atoms. The molecule has 1 aromatic carbocycles. The van der Waals surface area contributed by atoms with Crippen LogP contribution in [0.15, 0.2) is 41.2 Å². The van der Waals surface area contributed by atoms with E-state index in [4.69, 9.17) is 4.52 Å². The van der Waals surface area contributed by atoms with E-state index in [-0.39, 0.29) is 6.04 Å². The van der Waals surface area contributed by atoms with Crippen molar-refractivity contribution in [3.05, 3.63) is 53.7 Å². The van der Waals surface area contributed by atoms with Gasteiger partial charge in [-0.1, -0.05) is 31.1 Å². The molecule has 3 rings (SSSR count). The molecule has 1 atom stereocenters. The molecular formula is C16H20N6O. The van der Waals surface area contributed by atoms with E-state index in [1.54, 1.807) is 11.0 Å². The fourth-order valence-electron chi connectivity index (χ4n) is 2.25. The van der Waals surface area contributed by atoms with Crippen molar-refractivity contribution in [2.45, 2.75) is 39.3 Å². The zero-order valence-corrected chi connectivity index (χ0v) is 13.5. The van der Waals surface area contributed by atoms with Crippen LogP contribution < -0.4 is 5.32 Å². The van der Waals surface area contributed by atoms with Gasteiger partial charge in [-0.05, 0) is 41.0 Å². The summed E-state index contributed by atoms with van der Waals surface area (Å²) < 4.78 is 6.97. The van der Waals surface area contributed by atoms with E-state index in [1.807, 2.05) is 18.2 Å². The van der Waals surface area contributed by atoms with Gasteiger partial charge in [-0.25, -0.2) is 4.68 Å². The average Bonchev–Trinajstić information content (AvgIpc) is 3.24. The van der Waals surface area contributed by atoms with Gasteiger partial charge >= 0.3 is 0 Å². The minimum Gasteiger partial charge on any atom is -0.360 e. The van der Waals surface area contributed by atoms with E-state index >= 15 is 0 Å². The van der Waals surface area contributed by atoms with Crippen LogP contribution in [0.3, 0.4) is 0 Å². The first-order chi connectivity index (χ1) is 11.1. The molecule has 1 unspecified atom stereocenters. The molecular weight excluding hydrogens is 292 g/mol. The van der Waals surface area contributed by atoms with Crippen molar-refractivity contribution in [1.29, 1.82) is 0 Å². The van der Waals surface area contributed by atoms with Gasteiger partial charge in [0.15, 0.2) is 5.76 Å². The van der Waals surface area contributed by atoms with Gasteiger partial charge in [0, 0.05) is 12.1 Å². The van der Waals surface area contributed by atoms with E-state index in [0.717, 1.165) is 17.1 Å². The van der Waals surface area contributed by atoms with Gasteiger partial charge in [0.25, 0.3) is 0 Å². The number of hydrogen-bond acceptors (Lipinski definition) is 6. The first-order valence-electron chi connectivity index (χ1n) is 7.65. The number of nitrogens with zero attached hydrogens (tertiary/aromatic N) is 5. The Morgan fingerprint density at radius 3 is 2.57 bits per heavy atom. The van der Waals surface area contributed by atoms with Crippen LogP contribution in [-0.2, 0) is 6.54 Å². The molecule has 7 heteroatoms. The molecule has 0 saturated carbocycles. The fraction of sp³-hybridized carbons (Fsp3) is 0.375. The SMILES string of the molecule is CC(C)c1cc(CNC(C)c2ccc(-n3cnnn3)cc2)on1. The van der Waals surface area contributed by atoms with Crippen LogP contribution in [0.1, 0.15) is 49.7 Å². The number of aromatic nitrogens is 5. The van der Waals surface area contributed by atoms with Gasteiger partial charge in [-0.15, -0.1) is 5.10 Å². The topological polar surface area (TPSA) is 81.7 Å². The monoisotopic (exact) mass is 312 g/mol. The maximum atomic E-state index is 5.34. The van der Waals surface area contributed by atoms with E-state index in [2.05, 4.69) is 58.9 Å². The van der Waals surface area contributed by atoms with Gasteiger partial charge in [0.2, 0.25) is 0 Å². The van der Waals surface area contributed by atoms with Gasteiger partial charge in [-0.2, -0.15) is 0 Å². The van der Waals surface area contributed by atoms with Crippen molar-refractivity contribution >= 4 is 0 Å². The van der Waals surface area contributed by atoms with Crippen LogP contribution in [0, 0.1) is 0 Å². The molecule has 0 radical (unpaired) electrons. The number of hydrogen-bond donors (Lipinski definition) is 1. The molecule has 0 aliphatic carbocycles. The van der Waals surface area contributed by atoms with Crippen LogP contribution in [0.25, 0.3) is 5.69 Å². The summed E-state index contributed by atoms with van der Waals surface area (Å²) in [5.74, 6) is 1.23. The lowest BCUT2D eigenvalue weighted by molar-refractivity contribution is 0.359. The summed E-state index contributed by atoms with van der Waals surface area (Å²) in [5, 5.41) is 18.7. The molecule has 2 aromatic heterocycles. The Hall–Kier alpha value is -2.54. The van der Waals surface area contributed by atoms with E-state index in [9.17, 15) is 0 Å². The Labute approximate surface area is 134 Å². The third kappa shape index (κ3) is 3.62. The molecule has 0 aliphatic heterocycles. The van der Waals surface area contributed by atoms with Crippen molar-refractivity contribution < 1.29 is 4.52 Å². The molecule has 120 valence electrons. The molecule has 7 nitrogen and oxygen atoms in total. The van der Waals surface area contributed by atoms with Crippen molar-refractivity contribution in [2.75, 3.05) is 0 Å². The standard InChI is InChI=1S/C16H20N6O/c1-11(2)16-8-15(23-19-16)9-17-12(3)13-4-6-14(7-5-13)22-10-18-20-21-22/h4-8,10-12,17H,9H2,1-3H3. The lowest BCUT2D eigenvalue weighted by Gasteiger charge is -2.13. The van der Waals surface area contributed by atoms with Crippen molar-refractivity contribution in [3.63, 3.8) is 0 Å². The maximum Gasteiger partial charge on any atom is 0.150 e. The number of tetrazole rings is 1. The maximum absolute atomic E-state index is 5.34. The van der Waals surface area contributed by atoms with Crippen molar-refractivity contribution in [1.82, 2.24) is 30.7 Å². The molecule has 3 aromatic rings. The zero-order valence-electron chi connectivity index (χ0n) is 13.5. The highest BCUT2D eigenvalue weighted by atomic mass is 16.5. The van der Waals surface area contributed by atoms with Crippen molar-refractivity contribution in [2.24, 2.45) is 0 Å². The molecule has 0 aliphatic rings. The number of rotatable bonds is 6. The Bertz CT molecular complexity index is 732. The fourth-order valence-corrected chi connectivity index (χ4v) is 2.25. The van der Waals surface area contributed by atoms with Crippen LogP contribution in [0.5, 0.6) is 0 Å². The Kier molecular flexibility index (Phi) is 4.47. The first kappa shape index (κ1) is 15.4. The largest absolute Gasteiger partial charge is 0.360 e. The summed E-state index contributed by atoms with van der Waals surface area (Å²) in [6.07, 6.45) is 1.58. The second kappa shape index (κ2) is 6.70. The smallest absolute Gasteiger partial charge is 0.150 e. The molecule has 2 heterocycles. The van der Waals surface area contributed by atoms with Crippen LogP contribution in [-0.4, -0.2) is 25.4 Å². The average molecular weight is 312 g/mol. The summed E-state index contributed by atoms with van der Waals surface area (Å²) in [7, 11) is 0. The number of nitrogens with one attached hydrogen (secondary N) is 1. The minimum absolute atomic E-state index is 0.200. The predicted octanol–water partition coefficient (Wildman–Crippen LogP) is 2.62. The summed E-state index contributed by atoms with van der Waals surface area (Å²) in [6.45, 7) is 6.97. The Balaban J connectivity index is 1.60. The molecule has 0 bridgehead atoms. The molecule has 0 fully saturated rings. The minimum atomic E-state index is 0.200. The lowest BCUT2D eigenvalue weighted by atomic mass is 10.1. The molecule has 0 saturated heterocycles. The van der Waals surface area contributed by atoms with E-state index < -0.39 is 0 Å². The highest BCUT2D eigenvalue weighted by Crippen LogP contribution is 2.17. The third-order valence-corrected chi connectivity index (χ3v) is 3.76. The van der Waals surface area contributed by atoms with Crippen LogP contribution in [0.2, 0.25) is 0 Å². The predicted molar refractivity (Wildman–Crippen MR) is 85.0 cm³/mol. The first-order valence-corrected chi connectivity index (χ1v) is 7.65. The molecule has 23 heavy (non-hydrogen) atoms. The zero-order chi connectivity index (χ0) is 16.2. The lowest BCUT2D eigenvalue weighted by Crippen LogP contribution is -2.17. The molecule has 1 N–H and O–H groups in total. The number of benzene rings is 1. The summed E-state index contributed by atoms with van der Waals surface area (Å²) >= 11 is 0. The van der Waals surface area contributed by atoms with E-state index in [0.29, 0.717) is 12.5 Å². The highest BCUT2D eigenvalue weighted by molar-refractivity contribution is 5.34. The summed E-state index contributed by atoms with van der Waals surface area (Å²) in [6, 6.07) is 10.3. The van der Waals surface area contributed by atoms with Crippen LogP contribution >= 0.6 is 0 Å². The van der Waals surface area contributed by atoms with E-state index in [1.165, 1.54) is 5.56 Å². The van der Waals surface area contributed by atoms with Gasteiger partial charge in [0.05, 0.1) is 17.9 Å². The quantitative estimate of drug-likeness (QED) is 0.753. The Morgan fingerprint density at radius 2 is 1.96 bits per heavy atom. The molecule has 0 amide bonds. The Morgan fingerprint density at radius 1 is 1.17 bits per heavy atom. The van der Waals surface area contributed by atoms with Crippen molar-refractivity contribution in [3.8, 4) is 5.69 Å². The highest BCUT2D eigenvalue weighted by Gasteiger charge is 2.10. The summed E-state index contributed by atoms with van der Waals surface area (Å²) in [4.78, 5) is 0.